The van der Waals surface area contributed by atoms with E-state index < -0.39 is 16.6 Å². The molecule has 0 radical (unpaired) electrons. The zero-order chi connectivity index (χ0) is 26.9. The van der Waals surface area contributed by atoms with Crippen LogP contribution in [0.4, 0.5) is 17.3 Å². The molecule has 0 bridgehead atoms. The maximum Gasteiger partial charge on any atom is 0.353 e. The Balaban J connectivity index is 1.65. The van der Waals surface area contributed by atoms with Crippen molar-refractivity contribution in [2.24, 2.45) is 0 Å². The summed E-state index contributed by atoms with van der Waals surface area (Å²) < 4.78 is 10.9. The standard InChI is InChI=1S/C27H32N6O5/c1-2-37-23(34)18-32(17-22-12-8-11-21(15-22)16-31-13-6-7-14-31)26-24(33(35)36)25(28)29-27(30-26)38-19-20-9-4-3-5-10-20/h3-5,8-12,15H,2,6-7,13-14,16-19H2,1H3,(H2,28,29,30). The number of carbonyl (C=O) groups excluding carboxylic acids is 1. The minimum absolute atomic E-state index is 0.108. The normalized spacial score (nSPS) is 13.3. The van der Waals surface area contributed by atoms with Crippen LogP contribution in [-0.4, -0.2) is 52.0 Å². The summed E-state index contributed by atoms with van der Waals surface area (Å²) in [6.45, 7) is 4.89. The summed E-state index contributed by atoms with van der Waals surface area (Å²) in [5.41, 5.74) is 8.38. The van der Waals surface area contributed by atoms with Gasteiger partial charge >= 0.3 is 17.7 Å². The van der Waals surface area contributed by atoms with Crippen LogP contribution < -0.4 is 15.4 Å². The lowest BCUT2D eigenvalue weighted by Crippen LogP contribution is -2.32. The van der Waals surface area contributed by atoms with Gasteiger partial charge in [0.2, 0.25) is 11.6 Å². The molecule has 2 N–H and O–H groups in total. The summed E-state index contributed by atoms with van der Waals surface area (Å²) in [6, 6.07) is 17.2. The number of nitrogen functional groups attached to an aromatic ring is 1. The first kappa shape index (κ1) is 26.8. The lowest BCUT2D eigenvalue weighted by atomic mass is 10.1. The fourth-order valence-corrected chi connectivity index (χ4v) is 4.44. The van der Waals surface area contributed by atoms with Crippen molar-refractivity contribution in [3.63, 3.8) is 0 Å². The Kier molecular flexibility index (Phi) is 9.04. The van der Waals surface area contributed by atoms with Crippen LogP contribution >= 0.6 is 0 Å². The van der Waals surface area contributed by atoms with E-state index in [1.54, 1.807) is 6.92 Å². The average Bonchev–Trinajstić information content (AvgIpc) is 3.40. The molecule has 200 valence electrons. The summed E-state index contributed by atoms with van der Waals surface area (Å²) in [5, 5.41) is 12.0. The second-order valence-corrected chi connectivity index (χ2v) is 9.06. The van der Waals surface area contributed by atoms with Gasteiger partial charge in [-0.05, 0) is 49.5 Å². The zero-order valence-corrected chi connectivity index (χ0v) is 21.4. The molecular formula is C27H32N6O5. The Morgan fingerprint density at radius 1 is 1.08 bits per heavy atom. The van der Waals surface area contributed by atoms with Crippen molar-refractivity contribution in [3.8, 4) is 6.01 Å². The van der Waals surface area contributed by atoms with Crippen molar-refractivity contribution >= 4 is 23.3 Å². The first-order valence-corrected chi connectivity index (χ1v) is 12.6. The highest BCUT2D eigenvalue weighted by atomic mass is 16.6. The number of hydrogen-bond acceptors (Lipinski definition) is 10. The molecule has 1 saturated heterocycles. The van der Waals surface area contributed by atoms with Gasteiger partial charge < -0.3 is 20.1 Å². The smallest absolute Gasteiger partial charge is 0.353 e. The number of ether oxygens (including phenoxy) is 2. The van der Waals surface area contributed by atoms with Crippen LogP contribution in [0.2, 0.25) is 0 Å². The SMILES string of the molecule is CCOC(=O)CN(Cc1cccc(CN2CCCC2)c1)c1nc(OCc2ccccc2)nc(N)c1[N+](=O)[O-]. The van der Waals surface area contributed by atoms with Crippen LogP contribution in [0.1, 0.15) is 36.5 Å². The highest BCUT2D eigenvalue weighted by Gasteiger charge is 2.30. The first-order valence-electron chi connectivity index (χ1n) is 12.6. The van der Waals surface area contributed by atoms with E-state index in [4.69, 9.17) is 15.2 Å². The molecule has 0 unspecified atom stereocenters. The second kappa shape index (κ2) is 12.8. The third kappa shape index (κ3) is 7.16. The molecule has 2 aromatic carbocycles. The van der Waals surface area contributed by atoms with Gasteiger partial charge in [-0.1, -0.05) is 54.6 Å². The Labute approximate surface area is 221 Å². The topological polar surface area (TPSA) is 137 Å². The molecule has 0 amide bonds. The molecule has 1 aliphatic rings. The number of hydrogen-bond donors (Lipinski definition) is 1. The van der Waals surface area contributed by atoms with E-state index in [9.17, 15) is 14.9 Å². The van der Waals surface area contributed by atoms with Crippen molar-refractivity contribution in [1.29, 1.82) is 0 Å². The van der Waals surface area contributed by atoms with E-state index >= 15 is 0 Å². The molecule has 3 aromatic rings. The number of carbonyl (C=O) groups is 1. The summed E-state index contributed by atoms with van der Waals surface area (Å²) in [7, 11) is 0. The molecule has 0 aliphatic carbocycles. The number of anilines is 2. The van der Waals surface area contributed by atoms with Crippen LogP contribution in [0.5, 0.6) is 6.01 Å². The van der Waals surface area contributed by atoms with E-state index in [0.29, 0.717) is 0 Å². The Morgan fingerprint density at radius 3 is 2.50 bits per heavy atom. The van der Waals surface area contributed by atoms with Gasteiger partial charge in [-0.25, -0.2) is 0 Å². The molecule has 11 heteroatoms. The molecule has 11 nitrogen and oxygen atoms in total. The van der Waals surface area contributed by atoms with Gasteiger partial charge in [-0.3, -0.25) is 19.8 Å². The predicted molar refractivity (Wildman–Crippen MR) is 143 cm³/mol. The van der Waals surface area contributed by atoms with Gasteiger partial charge in [0.25, 0.3) is 0 Å². The van der Waals surface area contributed by atoms with E-state index in [1.165, 1.54) is 17.7 Å². The summed E-state index contributed by atoms with van der Waals surface area (Å²) in [6.07, 6.45) is 2.39. The maximum atomic E-state index is 12.5. The number of likely N-dealkylation sites (tertiary alicyclic amines) is 1. The molecule has 4 rings (SSSR count). The minimum Gasteiger partial charge on any atom is -0.465 e. The number of nitrogens with two attached hydrogens (primary N) is 1. The average molecular weight is 521 g/mol. The summed E-state index contributed by atoms with van der Waals surface area (Å²) >= 11 is 0. The lowest BCUT2D eigenvalue weighted by molar-refractivity contribution is -0.383. The Bertz CT molecular complexity index is 1250. The van der Waals surface area contributed by atoms with Crippen LogP contribution in [0.25, 0.3) is 0 Å². The first-order chi connectivity index (χ1) is 18.4. The highest BCUT2D eigenvalue weighted by Crippen LogP contribution is 2.34. The molecule has 0 saturated carbocycles. The van der Waals surface area contributed by atoms with E-state index in [1.807, 2.05) is 48.5 Å². The number of nitro groups is 1. The molecule has 38 heavy (non-hydrogen) atoms. The van der Waals surface area contributed by atoms with Gasteiger partial charge in [-0.15, -0.1) is 0 Å². The van der Waals surface area contributed by atoms with Gasteiger partial charge in [0.15, 0.2) is 0 Å². The van der Waals surface area contributed by atoms with Crippen molar-refractivity contribution in [3.05, 3.63) is 81.4 Å². The number of esters is 1. The van der Waals surface area contributed by atoms with Gasteiger partial charge in [-0.2, -0.15) is 9.97 Å². The molecule has 0 spiro atoms. The fourth-order valence-electron chi connectivity index (χ4n) is 4.44. The van der Waals surface area contributed by atoms with Crippen LogP contribution in [0.3, 0.4) is 0 Å². The minimum atomic E-state index is -0.645. The number of rotatable bonds is 12. The maximum absolute atomic E-state index is 12.5. The van der Waals surface area contributed by atoms with Crippen molar-refractivity contribution < 1.29 is 19.2 Å². The molecule has 2 heterocycles. The van der Waals surface area contributed by atoms with Gasteiger partial charge in [0.05, 0.1) is 11.5 Å². The Hall–Kier alpha value is -4.25. The molecule has 1 aromatic heterocycles. The second-order valence-electron chi connectivity index (χ2n) is 9.06. The van der Waals surface area contributed by atoms with Gasteiger partial charge in [0, 0.05) is 13.1 Å². The lowest BCUT2D eigenvalue weighted by Gasteiger charge is -2.24. The number of aromatic nitrogens is 2. The molecule has 1 fully saturated rings. The van der Waals surface area contributed by atoms with Crippen molar-refractivity contribution in [2.75, 3.05) is 36.9 Å². The largest absolute Gasteiger partial charge is 0.465 e. The van der Waals surface area contributed by atoms with Crippen LogP contribution in [0.15, 0.2) is 54.6 Å². The third-order valence-corrected chi connectivity index (χ3v) is 6.16. The monoisotopic (exact) mass is 520 g/mol. The fraction of sp³-hybridized carbons (Fsp3) is 0.370. The quantitative estimate of drug-likeness (QED) is 0.214. The van der Waals surface area contributed by atoms with E-state index in [2.05, 4.69) is 20.9 Å². The zero-order valence-electron chi connectivity index (χ0n) is 21.4. The van der Waals surface area contributed by atoms with Gasteiger partial charge in [0.1, 0.15) is 13.2 Å². The van der Waals surface area contributed by atoms with E-state index in [-0.39, 0.29) is 43.9 Å². The van der Waals surface area contributed by atoms with Crippen molar-refractivity contribution in [1.82, 2.24) is 14.9 Å². The predicted octanol–water partition coefficient (Wildman–Crippen LogP) is 3.71. The summed E-state index contributed by atoms with van der Waals surface area (Å²) in [5.74, 6) is -0.998. The molecule has 1 aliphatic heterocycles. The van der Waals surface area contributed by atoms with Crippen LogP contribution in [-0.2, 0) is 29.2 Å². The summed E-state index contributed by atoms with van der Waals surface area (Å²) in [4.78, 5) is 36.1. The Morgan fingerprint density at radius 2 is 1.79 bits per heavy atom. The number of nitrogens with zero attached hydrogens (tertiary/aromatic N) is 5. The van der Waals surface area contributed by atoms with Crippen molar-refractivity contribution in [2.45, 2.75) is 39.5 Å². The molecule has 0 atom stereocenters. The number of benzene rings is 2. The third-order valence-electron chi connectivity index (χ3n) is 6.16. The molecular weight excluding hydrogens is 488 g/mol. The highest BCUT2D eigenvalue weighted by molar-refractivity contribution is 5.78. The van der Waals surface area contributed by atoms with Crippen LogP contribution in [0, 0.1) is 10.1 Å². The van der Waals surface area contributed by atoms with E-state index in [0.717, 1.165) is 36.3 Å².